The van der Waals surface area contributed by atoms with Crippen LogP contribution in [0.15, 0.2) is 0 Å². The Morgan fingerprint density at radius 2 is 1.93 bits per heavy atom. The monoisotopic (exact) mass is 203 g/mol. The Bertz CT molecular complexity index is 157. The highest BCUT2D eigenvalue weighted by atomic mass is 16.5. The molecule has 0 aromatic rings. The average Bonchev–Trinajstić information content (AvgIpc) is 2.14. The Morgan fingerprint density at radius 3 is 2.00 bits per heavy atom. The maximum Gasteiger partial charge on any atom is 0.292 e. The number of carbonyl (C=O) groups excluding carboxylic acids is 2. The zero-order valence-corrected chi connectivity index (χ0v) is 9.66. The summed E-state index contributed by atoms with van der Waals surface area (Å²) < 4.78 is 3.86. The van der Waals surface area contributed by atoms with E-state index in [-0.39, 0.29) is 11.8 Å². The van der Waals surface area contributed by atoms with Crippen molar-refractivity contribution in [3.05, 3.63) is 0 Å². The quantitative estimate of drug-likeness (QED) is 0.677. The van der Waals surface area contributed by atoms with Crippen molar-refractivity contribution in [3.63, 3.8) is 0 Å². The minimum Gasteiger partial charge on any atom is -0.471 e. The van der Waals surface area contributed by atoms with Crippen LogP contribution in [0.5, 0.6) is 0 Å². The molecule has 0 aromatic carbocycles. The average molecular weight is 203 g/mol. The third-order valence-electron chi connectivity index (χ3n) is 1.64. The van der Waals surface area contributed by atoms with Crippen LogP contribution in [0.3, 0.4) is 0 Å². The van der Waals surface area contributed by atoms with Crippen LogP contribution in [0.1, 0.15) is 27.2 Å². The van der Waals surface area contributed by atoms with E-state index >= 15 is 0 Å². The number of rotatable bonds is 5. The number of carbonyl (C=O) groups is 2. The second kappa shape index (κ2) is 10.2. The topological polar surface area (TPSA) is 55.4 Å². The fourth-order valence-electron chi connectivity index (χ4n) is 0.958. The van der Waals surface area contributed by atoms with Gasteiger partial charge in [-0.2, -0.15) is 0 Å². The fourth-order valence-corrected chi connectivity index (χ4v) is 0.958. The summed E-state index contributed by atoms with van der Waals surface area (Å²) in [4.78, 5) is 19.8. The van der Waals surface area contributed by atoms with Gasteiger partial charge in [0.1, 0.15) is 5.78 Å². The van der Waals surface area contributed by atoms with Gasteiger partial charge in [-0.25, -0.2) is 0 Å². The van der Waals surface area contributed by atoms with Gasteiger partial charge in [-0.15, -0.1) is 0 Å². The smallest absolute Gasteiger partial charge is 0.292 e. The van der Waals surface area contributed by atoms with Gasteiger partial charge in [0.2, 0.25) is 0 Å². The van der Waals surface area contributed by atoms with Gasteiger partial charge in [0, 0.05) is 0 Å². The molecule has 0 amide bonds. The molecule has 0 aromatic heterocycles. The van der Waals surface area contributed by atoms with Crippen molar-refractivity contribution in [2.45, 2.75) is 33.2 Å². The third-order valence-corrected chi connectivity index (χ3v) is 1.64. The molecule has 0 aliphatic rings. The number of methoxy groups -OCH3 is 1. The molecule has 0 fully saturated rings. The van der Waals surface area contributed by atoms with Crippen LogP contribution in [0.4, 0.5) is 0 Å². The Hall–Kier alpha value is -0.900. The fraction of sp³-hybridized carbons (Fsp3) is 0.800. The van der Waals surface area contributed by atoms with Gasteiger partial charge in [0.15, 0.2) is 0 Å². The number of ether oxygens (including phenoxy) is 1. The predicted molar refractivity (Wildman–Crippen MR) is 56.1 cm³/mol. The van der Waals surface area contributed by atoms with Gasteiger partial charge in [0.05, 0.1) is 13.2 Å². The molecule has 14 heavy (non-hydrogen) atoms. The van der Waals surface area contributed by atoms with E-state index in [1.165, 1.54) is 7.11 Å². The Kier molecular flexibility index (Phi) is 11.3. The number of hydrogen-bond donors (Lipinski definition) is 1. The van der Waals surface area contributed by atoms with Crippen LogP contribution in [0.25, 0.3) is 0 Å². The highest BCUT2D eigenvalue weighted by molar-refractivity contribution is 5.81. The van der Waals surface area contributed by atoms with Crippen molar-refractivity contribution >= 4 is 12.3 Å². The molecule has 4 heteroatoms. The first kappa shape index (κ1) is 15.6. The molecule has 0 aliphatic carbocycles. The van der Waals surface area contributed by atoms with E-state index in [1.54, 1.807) is 6.92 Å². The van der Waals surface area contributed by atoms with Gasteiger partial charge >= 0.3 is 0 Å². The number of hydrogen-bond acceptors (Lipinski definition) is 4. The molecule has 1 unspecified atom stereocenters. The highest BCUT2D eigenvalue weighted by Gasteiger charge is 2.12. The molecular formula is C10H21NO3. The molecule has 84 valence electrons. The van der Waals surface area contributed by atoms with Crippen molar-refractivity contribution in [1.29, 1.82) is 0 Å². The molecule has 0 bridgehead atoms. The first-order valence-corrected chi connectivity index (χ1v) is 4.63. The number of Topliss-reactive ketones (excluding diaryl/α,β-unsaturated/α-hetero) is 1. The molecule has 0 aliphatic heterocycles. The van der Waals surface area contributed by atoms with E-state index in [9.17, 15) is 4.79 Å². The Balaban J connectivity index is 0. The summed E-state index contributed by atoms with van der Waals surface area (Å²) in [6.07, 6.45) is 0.936. The van der Waals surface area contributed by atoms with Crippen LogP contribution in [-0.4, -0.2) is 32.5 Å². The van der Waals surface area contributed by atoms with Crippen LogP contribution in [-0.2, 0) is 14.3 Å². The predicted octanol–water partition coefficient (Wildman–Crippen LogP) is 0.999. The molecule has 0 heterocycles. The van der Waals surface area contributed by atoms with Crippen LogP contribution in [0, 0.1) is 5.92 Å². The zero-order valence-electron chi connectivity index (χ0n) is 9.66. The lowest BCUT2D eigenvalue weighted by Gasteiger charge is -2.14. The minimum atomic E-state index is 0.0556. The maximum atomic E-state index is 10.8. The second-order valence-corrected chi connectivity index (χ2v) is 3.41. The number of likely N-dealkylation sites (N-methyl/N-ethyl adjacent to an activating group) is 1. The molecule has 1 N–H and O–H groups in total. The van der Waals surface area contributed by atoms with Gasteiger partial charge < -0.3 is 10.1 Å². The lowest BCUT2D eigenvalue weighted by molar-refractivity contribution is -0.126. The minimum absolute atomic E-state index is 0.0556. The first-order valence-electron chi connectivity index (χ1n) is 4.63. The molecule has 0 saturated heterocycles. The summed E-state index contributed by atoms with van der Waals surface area (Å²) in [6.45, 7) is 6.24. The van der Waals surface area contributed by atoms with E-state index in [2.05, 4.69) is 23.9 Å². The van der Waals surface area contributed by atoms with E-state index < -0.39 is 0 Å². The molecule has 1 atom stereocenters. The Morgan fingerprint density at radius 1 is 1.50 bits per heavy atom. The van der Waals surface area contributed by atoms with E-state index in [1.807, 2.05) is 7.05 Å². The van der Waals surface area contributed by atoms with Crippen molar-refractivity contribution in [2.24, 2.45) is 5.92 Å². The third kappa shape index (κ3) is 11.1. The molecule has 0 rings (SSSR count). The SMILES string of the molecule is CNC(CC(C)C)C(C)=O.COC=O. The summed E-state index contributed by atoms with van der Waals surface area (Å²) >= 11 is 0. The van der Waals surface area contributed by atoms with Crippen molar-refractivity contribution in [1.82, 2.24) is 5.32 Å². The number of ketones is 1. The molecule has 0 radical (unpaired) electrons. The highest BCUT2D eigenvalue weighted by Crippen LogP contribution is 2.04. The number of nitrogens with one attached hydrogen (secondary N) is 1. The van der Waals surface area contributed by atoms with Crippen molar-refractivity contribution < 1.29 is 14.3 Å². The largest absolute Gasteiger partial charge is 0.471 e. The van der Waals surface area contributed by atoms with E-state index in [0.29, 0.717) is 12.4 Å². The van der Waals surface area contributed by atoms with E-state index in [0.717, 1.165) is 6.42 Å². The first-order chi connectivity index (χ1) is 6.49. The zero-order chi connectivity index (χ0) is 11.6. The van der Waals surface area contributed by atoms with Crippen LogP contribution < -0.4 is 5.32 Å². The Labute approximate surface area is 86.0 Å². The van der Waals surface area contributed by atoms with Crippen molar-refractivity contribution in [3.8, 4) is 0 Å². The lowest BCUT2D eigenvalue weighted by atomic mass is 10.0. The van der Waals surface area contributed by atoms with E-state index in [4.69, 9.17) is 4.79 Å². The van der Waals surface area contributed by atoms with Gasteiger partial charge in [-0.05, 0) is 26.3 Å². The molecular weight excluding hydrogens is 182 g/mol. The van der Waals surface area contributed by atoms with Crippen molar-refractivity contribution in [2.75, 3.05) is 14.2 Å². The van der Waals surface area contributed by atoms with Gasteiger partial charge in [-0.1, -0.05) is 13.8 Å². The standard InChI is InChI=1S/C8H17NO.C2H4O2/c1-6(2)5-8(9-4)7(3)10;1-4-2-3/h6,8-9H,5H2,1-4H3;2H,1H3. The van der Waals surface area contributed by atoms with Gasteiger partial charge in [0.25, 0.3) is 6.47 Å². The van der Waals surface area contributed by atoms with Crippen LogP contribution in [0.2, 0.25) is 0 Å². The molecule has 0 spiro atoms. The normalized spacial score (nSPS) is 11.3. The lowest BCUT2D eigenvalue weighted by Crippen LogP contribution is -2.33. The summed E-state index contributed by atoms with van der Waals surface area (Å²) in [6, 6.07) is 0.0556. The summed E-state index contributed by atoms with van der Waals surface area (Å²) in [5, 5.41) is 2.98. The molecule has 4 nitrogen and oxygen atoms in total. The molecule has 0 saturated carbocycles. The van der Waals surface area contributed by atoms with Crippen LogP contribution >= 0.6 is 0 Å². The maximum absolute atomic E-state index is 10.8. The summed E-state index contributed by atoms with van der Waals surface area (Å²) in [7, 11) is 3.14. The summed E-state index contributed by atoms with van der Waals surface area (Å²) in [5.74, 6) is 0.817. The summed E-state index contributed by atoms with van der Waals surface area (Å²) in [5.41, 5.74) is 0. The second-order valence-electron chi connectivity index (χ2n) is 3.41. The van der Waals surface area contributed by atoms with Gasteiger partial charge in [-0.3, -0.25) is 9.59 Å².